The summed E-state index contributed by atoms with van der Waals surface area (Å²) < 4.78 is 18.4. The smallest absolute Gasteiger partial charge is 0.253 e. The Kier molecular flexibility index (Phi) is 4.77. The van der Waals surface area contributed by atoms with Gasteiger partial charge in [-0.1, -0.05) is 12.1 Å². The van der Waals surface area contributed by atoms with Crippen molar-refractivity contribution in [3.05, 3.63) is 59.9 Å². The van der Waals surface area contributed by atoms with Gasteiger partial charge < -0.3 is 15.4 Å². The first-order chi connectivity index (χ1) is 10.1. The second-order valence-electron chi connectivity index (χ2n) is 4.66. The summed E-state index contributed by atoms with van der Waals surface area (Å²) in [6.07, 6.45) is 0. The third-order valence-electron chi connectivity index (χ3n) is 2.97. The number of halogens is 1. The van der Waals surface area contributed by atoms with Gasteiger partial charge in [-0.3, -0.25) is 4.79 Å². The maximum Gasteiger partial charge on any atom is 0.253 e. The lowest BCUT2D eigenvalue weighted by atomic mass is 10.2. The van der Waals surface area contributed by atoms with E-state index in [0.717, 1.165) is 0 Å². The molecule has 110 valence electrons. The van der Waals surface area contributed by atoms with Gasteiger partial charge in [0.05, 0.1) is 6.54 Å². The van der Waals surface area contributed by atoms with E-state index in [0.29, 0.717) is 23.5 Å². The van der Waals surface area contributed by atoms with E-state index in [1.807, 2.05) is 0 Å². The van der Waals surface area contributed by atoms with Gasteiger partial charge in [-0.2, -0.15) is 0 Å². The minimum atomic E-state index is -0.350. The van der Waals surface area contributed by atoms with Crippen LogP contribution in [0.2, 0.25) is 0 Å². The highest BCUT2D eigenvalue weighted by Crippen LogP contribution is 2.12. The number of ether oxygens (including phenoxy) is 1. The van der Waals surface area contributed by atoms with Crippen molar-refractivity contribution in [1.82, 2.24) is 4.90 Å². The van der Waals surface area contributed by atoms with E-state index in [1.54, 1.807) is 43.4 Å². The molecule has 0 aromatic heterocycles. The molecule has 2 aromatic carbocycles. The van der Waals surface area contributed by atoms with Crippen LogP contribution >= 0.6 is 0 Å². The Bertz CT molecular complexity index is 631. The number of amides is 1. The molecule has 0 spiro atoms. The predicted octanol–water partition coefficient (Wildman–Crippen LogP) is 2.56. The molecule has 0 heterocycles. The molecule has 0 aliphatic heterocycles. The molecule has 21 heavy (non-hydrogen) atoms. The first-order valence-electron chi connectivity index (χ1n) is 6.55. The highest BCUT2D eigenvalue weighted by molar-refractivity contribution is 5.94. The van der Waals surface area contributed by atoms with Crippen LogP contribution in [0.4, 0.5) is 10.1 Å². The van der Waals surface area contributed by atoms with Crippen LogP contribution in [0.1, 0.15) is 10.4 Å². The van der Waals surface area contributed by atoms with E-state index in [1.165, 1.54) is 17.0 Å². The Morgan fingerprint density at radius 3 is 2.71 bits per heavy atom. The van der Waals surface area contributed by atoms with E-state index in [9.17, 15) is 9.18 Å². The summed E-state index contributed by atoms with van der Waals surface area (Å²) in [5.41, 5.74) is 6.73. The predicted molar refractivity (Wildman–Crippen MR) is 79.7 cm³/mol. The standard InChI is InChI=1S/C16H17FN2O2/c1-19(16(20)12-4-2-6-14(18)10-12)8-9-21-15-7-3-5-13(17)11-15/h2-7,10-11H,8-9,18H2,1H3. The van der Waals surface area contributed by atoms with Gasteiger partial charge in [-0.15, -0.1) is 0 Å². The van der Waals surface area contributed by atoms with Gasteiger partial charge in [0, 0.05) is 24.4 Å². The molecule has 2 rings (SSSR count). The lowest BCUT2D eigenvalue weighted by molar-refractivity contribution is 0.0773. The molecule has 0 aliphatic rings. The summed E-state index contributed by atoms with van der Waals surface area (Å²) in [6, 6.07) is 12.7. The van der Waals surface area contributed by atoms with Gasteiger partial charge >= 0.3 is 0 Å². The van der Waals surface area contributed by atoms with Crippen LogP contribution in [0.3, 0.4) is 0 Å². The van der Waals surface area contributed by atoms with Gasteiger partial charge in [-0.25, -0.2) is 4.39 Å². The van der Waals surface area contributed by atoms with Crippen LogP contribution < -0.4 is 10.5 Å². The number of anilines is 1. The normalized spacial score (nSPS) is 10.2. The van der Waals surface area contributed by atoms with Crippen LogP contribution in [-0.4, -0.2) is 31.0 Å². The second kappa shape index (κ2) is 6.74. The zero-order valence-electron chi connectivity index (χ0n) is 11.8. The largest absolute Gasteiger partial charge is 0.492 e. The quantitative estimate of drug-likeness (QED) is 0.860. The molecule has 1 amide bonds. The average molecular weight is 288 g/mol. The van der Waals surface area contributed by atoms with Crippen LogP contribution in [0.25, 0.3) is 0 Å². The van der Waals surface area contributed by atoms with Crippen molar-refractivity contribution in [2.24, 2.45) is 0 Å². The zero-order chi connectivity index (χ0) is 15.2. The Balaban J connectivity index is 1.87. The van der Waals surface area contributed by atoms with Crippen molar-refractivity contribution < 1.29 is 13.9 Å². The molecule has 0 saturated heterocycles. The monoisotopic (exact) mass is 288 g/mol. The fourth-order valence-corrected chi connectivity index (χ4v) is 1.85. The number of nitrogen functional groups attached to an aromatic ring is 1. The van der Waals surface area contributed by atoms with E-state index in [-0.39, 0.29) is 18.3 Å². The number of likely N-dealkylation sites (N-methyl/N-ethyl adjacent to an activating group) is 1. The molecule has 0 bridgehead atoms. The maximum atomic E-state index is 13.0. The number of nitrogens with two attached hydrogens (primary N) is 1. The van der Waals surface area contributed by atoms with Crippen LogP contribution in [0, 0.1) is 5.82 Å². The van der Waals surface area contributed by atoms with Crippen LogP contribution in [-0.2, 0) is 0 Å². The average Bonchev–Trinajstić information content (AvgIpc) is 2.46. The number of nitrogens with zero attached hydrogens (tertiary/aromatic N) is 1. The summed E-state index contributed by atoms with van der Waals surface area (Å²) >= 11 is 0. The van der Waals surface area contributed by atoms with E-state index < -0.39 is 0 Å². The molecule has 0 unspecified atom stereocenters. The second-order valence-corrected chi connectivity index (χ2v) is 4.66. The molecule has 0 saturated carbocycles. The van der Waals surface area contributed by atoms with Crippen molar-refractivity contribution in [2.75, 3.05) is 25.9 Å². The molecular formula is C16H17FN2O2. The topological polar surface area (TPSA) is 55.6 Å². The van der Waals surface area contributed by atoms with Gasteiger partial charge in [0.25, 0.3) is 5.91 Å². The third-order valence-corrected chi connectivity index (χ3v) is 2.97. The Hall–Kier alpha value is -2.56. The Labute approximate surface area is 122 Å². The van der Waals surface area contributed by atoms with Crippen molar-refractivity contribution in [3.63, 3.8) is 0 Å². The van der Waals surface area contributed by atoms with Gasteiger partial charge in [0.1, 0.15) is 18.2 Å². The maximum absolute atomic E-state index is 13.0. The van der Waals surface area contributed by atoms with Crippen molar-refractivity contribution in [1.29, 1.82) is 0 Å². The van der Waals surface area contributed by atoms with Crippen molar-refractivity contribution in [3.8, 4) is 5.75 Å². The number of carbonyl (C=O) groups excluding carboxylic acids is 1. The Morgan fingerprint density at radius 2 is 2.00 bits per heavy atom. The van der Waals surface area contributed by atoms with E-state index in [2.05, 4.69) is 0 Å². The minimum Gasteiger partial charge on any atom is -0.492 e. The Morgan fingerprint density at radius 1 is 1.24 bits per heavy atom. The summed E-state index contributed by atoms with van der Waals surface area (Å²) in [4.78, 5) is 13.7. The van der Waals surface area contributed by atoms with Gasteiger partial charge in [0.15, 0.2) is 0 Å². The lowest BCUT2D eigenvalue weighted by Crippen LogP contribution is -2.30. The first kappa shape index (κ1) is 14.8. The van der Waals surface area contributed by atoms with Gasteiger partial charge in [0.2, 0.25) is 0 Å². The summed E-state index contributed by atoms with van der Waals surface area (Å²) in [6.45, 7) is 0.679. The summed E-state index contributed by atoms with van der Waals surface area (Å²) in [5, 5.41) is 0. The van der Waals surface area contributed by atoms with Crippen molar-refractivity contribution >= 4 is 11.6 Å². The van der Waals surface area contributed by atoms with Crippen molar-refractivity contribution in [2.45, 2.75) is 0 Å². The molecule has 5 heteroatoms. The summed E-state index contributed by atoms with van der Waals surface area (Å²) in [7, 11) is 1.68. The number of carbonyl (C=O) groups is 1. The highest BCUT2D eigenvalue weighted by atomic mass is 19.1. The molecule has 0 fully saturated rings. The molecule has 2 aromatic rings. The molecule has 0 radical (unpaired) electrons. The fraction of sp³-hybridized carbons (Fsp3) is 0.188. The summed E-state index contributed by atoms with van der Waals surface area (Å²) in [5.74, 6) is -0.0401. The lowest BCUT2D eigenvalue weighted by Gasteiger charge is -2.17. The van der Waals surface area contributed by atoms with Crippen LogP contribution in [0.15, 0.2) is 48.5 Å². The molecule has 2 N–H and O–H groups in total. The number of hydrogen-bond donors (Lipinski definition) is 1. The number of rotatable bonds is 5. The van der Waals surface area contributed by atoms with E-state index in [4.69, 9.17) is 10.5 Å². The SMILES string of the molecule is CN(CCOc1cccc(F)c1)C(=O)c1cccc(N)c1. The number of hydrogen-bond acceptors (Lipinski definition) is 3. The molecule has 4 nitrogen and oxygen atoms in total. The van der Waals surface area contributed by atoms with E-state index >= 15 is 0 Å². The van der Waals surface area contributed by atoms with Crippen LogP contribution in [0.5, 0.6) is 5.75 Å². The first-order valence-corrected chi connectivity index (χ1v) is 6.55. The highest BCUT2D eigenvalue weighted by Gasteiger charge is 2.11. The number of benzene rings is 2. The zero-order valence-corrected chi connectivity index (χ0v) is 11.8. The molecule has 0 atom stereocenters. The molecule has 0 aliphatic carbocycles. The third kappa shape index (κ3) is 4.21. The van der Waals surface area contributed by atoms with Gasteiger partial charge in [-0.05, 0) is 30.3 Å². The minimum absolute atomic E-state index is 0.134. The molecular weight excluding hydrogens is 271 g/mol. The fourth-order valence-electron chi connectivity index (χ4n) is 1.85.